The summed E-state index contributed by atoms with van der Waals surface area (Å²) in [6.07, 6.45) is 2.71. The van der Waals surface area contributed by atoms with Crippen molar-refractivity contribution < 1.29 is 9.18 Å². The second-order valence-corrected chi connectivity index (χ2v) is 6.79. The zero-order valence-electron chi connectivity index (χ0n) is 15.9. The highest BCUT2D eigenvalue weighted by atomic mass is 19.1. The average Bonchev–Trinajstić information content (AvgIpc) is 3.12. The van der Waals surface area contributed by atoms with Crippen molar-refractivity contribution in [3.05, 3.63) is 82.3 Å². The lowest BCUT2D eigenvalue weighted by Crippen LogP contribution is -2.27. The van der Waals surface area contributed by atoms with Gasteiger partial charge in [0.2, 0.25) is 5.91 Å². The molecule has 2 aromatic carbocycles. The SMILES string of the molecule is Cc1ccc(NC(=O)Cn2cnc3c(cnn3-c3ccc(F)cc3)c2=O)cc1C. The summed E-state index contributed by atoms with van der Waals surface area (Å²) in [7, 11) is 0. The van der Waals surface area contributed by atoms with Gasteiger partial charge >= 0.3 is 0 Å². The number of nitrogens with one attached hydrogen (secondary N) is 1. The summed E-state index contributed by atoms with van der Waals surface area (Å²) in [6, 6.07) is 11.3. The van der Waals surface area contributed by atoms with Gasteiger partial charge in [0.1, 0.15) is 24.1 Å². The van der Waals surface area contributed by atoms with Crippen molar-refractivity contribution in [1.29, 1.82) is 0 Å². The molecular formula is C21H18FN5O2. The normalized spacial score (nSPS) is 11.0. The monoisotopic (exact) mass is 391 g/mol. The van der Waals surface area contributed by atoms with Crippen LogP contribution in [-0.2, 0) is 11.3 Å². The van der Waals surface area contributed by atoms with Crippen LogP contribution in [0.2, 0.25) is 0 Å². The van der Waals surface area contributed by atoms with Gasteiger partial charge in [-0.25, -0.2) is 14.1 Å². The lowest BCUT2D eigenvalue weighted by molar-refractivity contribution is -0.116. The Morgan fingerprint density at radius 2 is 1.86 bits per heavy atom. The Hall–Kier alpha value is -3.81. The number of aromatic nitrogens is 4. The van der Waals surface area contributed by atoms with Crippen LogP contribution in [0.5, 0.6) is 0 Å². The maximum atomic E-state index is 13.1. The molecule has 146 valence electrons. The maximum Gasteiger partial charge on any atom is 0.264 e. The summed E-state index contributed by atoms with van der Waals surface area (Å²) < 4.78 is 15.8. The van der Waals surface area contributed by atoms with E-state index in [9.17, 15) is 14.0 Å². The summed E-state index contributed by atoms with van der Waals surface area (Å²) in [5.74, 6) is -0.697. The Morgan fingerprint density at radius 3 is 2.59 bits per heavy atom. The molecule has 7 nitrogen and oxygen atoms in total. The topological polar surface area (TPSA) is 81.8 Å². The van der Waals surface area contributed by atoms with Crippen LogP contribution < -0.4 is 10.9 Å². The van der Waals surface area contributed by atoms with Crippen LogP contribution >= 0.6 is 0 Å². The molecule has 2 aromatic heterocycles. The van der Waals surface area contributed by atoms with E-state index in [1.54, 1.807) is 12.1 Å². The van der Waals surface area contributed by atoms with E-state index in [-0.39, 0.29) is 29.2 Å². The maximum absolute atomic E-state index is 13.1. The van der Waals surface area contributed by atoms with Gasteiger partial charge in [0, 0.05) is 5.69 Å². The van der Waals surface area contributed by atoms with Crippen molar-refractivity contribution in [3.8, 4) is 5.69 Å². The number of hydrogen-bond acceptors (Lipinski definition) is 4. The van der Waals surface area contributed by atoms with E-state index >= 15 is 0 Å². The van der Waals surface area contributed by atoms with Crippen molar-refractivity contribution >= 4 is 22.6 Å². The van der Waals surface area contributed by atoms with Crippen LogP contribution in [0, 0.1) is 19.7 Å². The van der Waals surface area contributed by atoms with Gasteiger partial charge in [0.25, 0.3) is 5.56 Å². The Labute approximate surface area is 165 Å². The molecule has 0 atom stereocenters. The van der Waals surface area contributed by atoms with Gasteiger partial charge in [0.15, 0.2) is 5.65 Å². The summed E-state index contributed by atoms with van der Waals surface area (Å²) >= 11 is 0. The number of anilines is 1. The molecule has 0 aliphatic heterocycles. The standard InChI is InChI=1S/C21H18FN5O2/c1-13-3-6-16(9-14(13)2)25-19(28)11-26-12-23-20-18(21(26)29)10-24-27(20)17-7-4-15(22)5-8-17/h3-10,12H,11H2,1-2H3,(H,25,28). The smallest absolute Gasteiger partial charge is 0.264 e. The van der Waals surface area contributed by atoms with Gasteiger partial charge in [-0.3, -0.25) is 14.2 Å². The Bertz CT molecular complexity index is 1270. The van der Waals surface area contributed by atoms with Crippen molar-refractivity contribution in [2.45, 2.75) is 20.4 Å². The van der Waals surface area contributed by atoms with E-state index in [0.29, 0.717) is 17.0 Å². The number of rotatable bonds is 4. The van der Waals surface area contributed by atoms with E-state index in [4.69, 9.17) is 0 Å². The molecule has 4 rings (SSSR count). The molecule has 0 aliphatic carbocycles. The highest BCUT2D eigenvalue weighted by Gasteiger charge is 2.13. The molecule has 8 heteroatoms. The van der Waals surface area contributed by atoms with Crippen LogP contribution in [0.3, 0.4) is 0 Å². The first-order valence-corrected chi connectivity index (χ1v) is 8.98. The number of benzene rings is 2. The lowest BCUT2D eigenvalue weighted by Gasteiger charge is -2.09. The quantitative estimate of drug-likeness (QED) is 0.580. The summed E-state index contributed by atoms with van der Waals surface area (Å²) in [5, 5.41) is 7.24. The first-order valence-electron chi connectivity index (χ1n) is 8.98. The van der Waals surface area contributed by atoms with Gasteiger partial charge in [-0.1, -0.05) is 6.07 Å². The van der Waals surface area contributed by atoms with Gasteiger partial charge in [-0.2, -0.15) is 5.10 Å². The summed E-state index contributed by atoms with van der Waals surface area (Å²) in [4.78, 5) is 29.4. The van der Waals surface area contributed by atoms with Gasteiger partial charge in [-0.15, -0.1) is 0 Å². The van der Waals surface area contributed by atoms with E-state index in [0.717, 1.165) is 11.1 Å². The number of amides is 1. The van der Waals surface area contributed by atoms with Crippen LogP contribution in [0.25, 0.3) is 16.7 Å². The Balaban J connectivity index is 1.59. The number of aryl methyl sites for hydroxylation is 2. The largest absolute Gasteiger partial charge is 0.325 e. The zero-order chi connectivity index (χ0) is 20.5. The minimum atomic E-state index is -0.376. The number of carbonyl (C=O) groups is 1. The minimum absolute atomic E-state index is 0.170. The first-order chi connectivity index (χ1) is 13.9. The third-order valence-corrected chi connectivity index (χ3v) is 4.73. The van der Waals surface area contributed by atoms with Gasteiger partial charge in [0.05, 0.1) is 11.9 Å². The molecule has 4 aromatic rings. The lowest BCUT2D eigenvalue weighted by atomic mass is 10.1. The molecule has 0 spiro atoms. The van der Waals surface area contributed by atoms with Crippen LogP contribution in [0.15, 0.2) is 59.8 Å². The third kappa shape index (κ3) is 3.64. The molecule has 0 radical (unpaired) electrons. The highest BCUT2D eigenvalue weighted by molar-refractivity contribution is 5.90. The van der Waals surface area contributed by atoms with Crippen molar-refractivity contribution in [2.24, 2.45) is 0 Å². The average molecular weight is 391 g/mol. The van der Waals surface area contributed by atoms with E-state index in [1.165, 1.54) is 33.9 Å². The molecule has 0 aliphatic rings. The van der Waals surface area contributed by atoms with Crippen molar-refractivity contribution in [1.82, 2.24) is 19.3 Å². The highest BCUT2D eigenvalue weighted by Crippen LogP contribution is 2.15. The second kappa shape index (κ2) is 7.31. The number of fused-ring (bicyclic) bond motifs is 1. The van der Waals surface area contributed by atoms with Crippen molar-refractivity contribution in [3.63, 3.8) is 0 Å². The number of nitrogens with zero attached hydrogens (tertiary/aromatic N) is 4. The predicted octanol–water partition coefficient (Wildman–Crippen LogP) is 2.98. The fourth-order valence-corrected chi connectivity index (χ4v) is 3.01. The molecular weight excluding hydrogens is 373 g/mol. The van der Waals surface area contributed by atoms with E-state index in [1.807, 2.05) is 32.0 Å². The van der Waals surface area contributed by atoms with Crippen LogP contribution in [0.4, 0.5) is 10.1 Å². The molecule has 2 heterocycles. The van der Waals surface area contributed by atoms with E-state index < -0.39 is 0 Å². The first kappa shape index (κ1) is 18.5. The molecule has 0 unspecified atom stereocenters. The number of halogens is 1. The summed E-state index contributed by atoms with van der Waals surface area (Å²) in [5.41, 5.74) is 3.41. The fraction of sp³-hybridized carbons (Fsp3) is 0.143. The van der Waals surface area contributed by atoms with Crippen LogP contribution in [-0.4, -0.2) is 25.2 Å². The number of carbonyl (C=O) groups excluding carboxylic acids is 1. The van der Waals surface area contributed by atoms with Gasteiger partial charge < -0.3 is 5.32 Å². The molecule has 0 fully saturated rings. The van der Waals surface area contributed by atoms with Crippen molar-refractivity contribution in [2.75, 3.05) is 5.32 Å². The molecule has 0 saturated carbocycles. The summed E-state index contributed by atoms with van der Waals surface area (Å²) in [6.45, 7) is 3.79. The predicted molar refractivity (Wildman–Crippen MR) is 108 cm³/mol. The van der Waals surface area contributed by atoms with Crippen LogP contribution in [0.1, 0.15) is 11.1 Å². The Kier molecular flexibility index (Phi) is 4.67. The molecule has 1 amide bonds. The molecule has 0 bridgehead atoms. The van der Waals surface area contributed by atoms with E-state index in [2.05, 4.69) is 15.4 Å². The number of hydrogen-bond donors (Lipinski definition) is 1. The second-order valence-electron chi connectivity index (χ2n) is 6.79. The molecule has 1 N–H and O–H groups in total. The third-order valence-electron chi connectivity index (χ3n) is 4.73. The minimum Gasteiger partial charge on any atom is -0.325 e. The van der Waals surface area contributed by atoms with Gasteiger partial charge in [-0.05, 0) is 61.4 Å². The molecule has 0 saturated heterocycles. The fourth-order valence-electron chi connectivity index (χ4n) is 3.01. The zero-order valence-corrected chi connectivity index (χ0v) is 15.9. The Morgan fingerprint density at radius 1 is 1.10 bits per heavy atom. The molecule has 29 heavy (non-hydrogen) atoms.